The molecule has 1 atom stereocenters. The molecule has 2 heterocycles. The minimum absolute atomic E-state index is 0.0724. The lowest BCUT2D eigenvalue weighted by Crippen LogP contribution is -2.34. The molecule has 29 heavy (non-hydrogen) atoms. The fourth-order valence-electron chi connectivity index (χ4n) is 3.93. The second-order valence-electron chi connectivity index (χ2n) is 7.39. The predicted molar refractivity (Wildman–Crippen MR) is 110 cm³/mol. The molecule has 1 aromatic heterocycles. The fourth-order valence-corrected chi connectivity index (χ4v) is 4.81. The maximum atomic E-state index is 13.7. The number of aromatic nitrogens is 2. The van der Waals surface area contributed by atoms with Gasteiger partial charge in [-0.25, -0.2) is 9.18 Å². The van der Waals surface area contributed by atoms with Gasteiger partial charge in [-0.05, 0) is 50.7 Å². The van der Waals surface area contributed by atoms with Crippen LogP contribution in [0.3, 0.4) is 0 Å². The minimum atomic E-state index is -0.474. The zero-order valence-corrected chi connectivity index (χ0v) is 17.0. The Morgan fingerprint density at radius 2 is 2.10 bits per heavy atom. The third-order valence-electron chi connectivity index (χ3n) is 5.35. The number of rotatable bonds is 6. The van der Waals surface area contributed by atoms with E-state index in [1.807, 2.05) is 0 Å². The van der Waals surface area contributed by atoms with Crippen LogP contribution in [0.1, 0.15) is 36.9 Å². The average molecular weight is 418 g/mol. The van der Waals surface area contributed by atoms with Crippen LogP contribution in [-0.2, 0) is 28.9 Å². The summed E-state index contributed by atoms with van der Waals surface area (Å²) < 4.78 is 21.2. The Bertz CT molecular complexity index is 957. The van der Waals surface area contributed by atoms with Crippen molar-refractivity contribution >= 4 is 23.4 Å². The van der Waals surface area contributed by atoms with Crippen molar-refractivity contribution in [2.75, 3.05) is 17.7 Å². The van der Waals surface area contributed by atoms with Gasteiger partial charge >= 0.3 is 5.69 Å². The summed E-state index contributed by atoms with van der Waals surface area (Å²) in [6.07, 6.45) is 5.85. The van der Waals surface area contributed by atoms with Crippen LogP contribution in [0.2, 0.25) is 0 Å². The number of fused-ring (bicyclic) bond motifs is 1. The highest BCUT2D eigenvalue weighted by Crippen LogP contribution is 2.29. The van der Waals surface area contributed by atoms with Gasteiger partial charge in [0.05, 0.1) is 24.1 Å². The highest BCUT2D eigenvalue weighted by molar-refractivity contribution is 8.00. The summed E-state index contributed by atoms with van der Waals surface area (Å²) >= 11 is 1.24. The second kappa shape index (κ2) is 9.09. The molecule has 1 fully saturated rings. The summed E-state index contributed by atoms with van der Waals surface area (Å²) in [7, 11) is 0. The molecule has 4 rings (SSSR count). The van der Waals surface area contributed by atoms with Crippen LogP contribution in [0.15, 0.2) is 34.1 Å². The van der Waals surface area contributed by atoms with E-state index in [1.54, 1.807) is 16.7 Å². The third kappa shape index (κ3) is 4.70. The van der Waals surface area contributed by atoms with Gasteiger partial charge in [0.1, 0.15) is 10.8 Å². The Kier molecular flexibility index (Phi) is 6.30. The third-order valence-corrected chi connectivity index (χ3v) is 6.37. The van der Waals surface area contributed by atoms with Crippen molar-refractivity contribution in [2.24, 2.45) is 0 Å². The Hall–Kier alpha value is -2.19. The summed E-state index contributed by atoms with van der Waals surface area (Å²) in [6.45, 7) is 1.30. The van der Waals surface area contributed by atoms with Crippen LogP contribution in [0.25, 0.3) is 0 Å². The lowest BCUT2D eigenvalue weighted by Gasteiger charge is -2.24. The van der Waals surface area contributed by atoms with Crippen LogP contribution in [0, 0.1) is 5.82 Å². The van der Waals surface area contributed by atoms with Crippen LogP contribution in [-0.4, -0.2) is 33.9 Å². The molecule has 1 N–H and O–H groups in total. The van der Waals surface area contributed by atoms with E-state index in [2.05, 4.69) is 10.3 Å². The zero-order valence-electron chi connectivity index (χ0n) is 16.2. The smallest absolute Gasteiger partial charge is 0.348 e. The molecule has 2 aromatic rings. The molecule has 1 aliphatic heterocycles. The number of hydrogen-bond acceptors (Lipinski definition) is 5. The van der Waals surface area contributed by atoms with Gasteiger partial charge in [0, 0.05) is 17.9 Å². The predicted octanol–water partition coefficient (Wildman–Crippen LogP) is 3.17. The number of carbonyl (C=O) groups excluding carboxylic acids is 1. The summed E-state index contributed by atoms with van der Waals surface area (Å²) in [5.41, 5.74) is 1.97. The first-order valence-corrected chi connectivity index (χ1v) is 11.0. The van der Waals surface area contributed by atoms with Crippen molar-refractivity contribution < 1.29 is 13.9 Å². The van der Waals surface area contributed by atoms with Gasteiger partial charge in [-0.3, -0.25) is 9.36 Å². The summed E-state index contributed by atoms with van der Waals surface area (Å²) in [5.74, 6) is -0.726. The van der Waals surface area contributed by atoms with Gasteiger partial charge in [-0.1, -0.05) is 23.9 Å². The first-order valence-electron chi connectivity index (χ1n) is 10.0. The second-order valence-corrected chi connectivity index (χ2v) is 8.36. The Morgan fingerprint density at radius 1 is 1.28 bits per heavy atom. The number of hydrogen-bond donors (Lipinski definition) is 1. The number of ether oxygens (including phenoxy) is 1. The molecule has 1 aliphatic carbocycles. The maximum Gasteiger partial charge on any atom is 0.348 e. The van der Waals surface area contributed by atoms with Crippen molar-refractivity contribution in [3.8, 4) is 0 Å². The molecule has 1 amide bonds. The van der Waals surface area contributed by atoms with Gasteiger partial charge in [0.25, 0.3) is 0 Å². The normalized spacial score (nSPS) is 18.4. The Morgan fingerprint density at radius 3 is 2.90 bits per heavy atom. The SMILES string of the molecule is O=C(CSc1nc(=O)n(C[C@H]2CCCO2)c2c1CCCC2)Nc1ccccc1F. The summed E-state index contributed by atoms with van der Waals surface area (Å²) in [4.78, 5) is 29.3. The number of thioether (sulfide) groups is 1. The topological polar surface area (TPSA) is 73.2 Å². The number of carbonyl (C=O) groups is 1. The van der Waals surface area contributed by atoms with Crippen LogP contribution < -0.4 is 11.0 Å². The molecule has 0 saturated carbocycles. The quantitative estimate of drug-likeness (QED) is 0.577. The number of nitrogens with zero attached hydrogens (tertiary/aromatic N) is 2. The fraction of sp³-hybridized carbons (Fsp3) is 0.476. The summed E-state index contributed by atoms with van der Waals surface area (Å²) in [6, 6.07) is 6.05. The van der Waals surface area contributed by atoms with Crippen LogP contribution in [0.5, 0.6) is 0 Å². The molecule has 0 spiro atoms. The van der Waals surface area contributed by atoms with Gasteiger partial charge in [-0.2, -0.15) is 4.98 Å². The first-order chi connectivity index (χ1) is 14.1. The molecular formula is C21H24FN3O3S. The molecule has 8 heteroatoms. The van der Waals surface area contributed by atoms with Gasteiger partial charge < -0.3 is 10.1 Å². The number of nitrogens with one attached hydrogen (secondary N) is 1. The average Bonchev–Trinajstić information content (AvgIpc) is 3.24. The van der Waals surface area contributed by atoms with E-state index in [-0.39, 0.29) is 29.1 Å². The lowest BCUT2D eigenvalue weighted by atomic mass is 9.97. The van der Waals surface area contributed by atoms with E-state index in [4.69, 9.17) is 4.74 Å². The molecule has 2 aliphatic rings. The van der Waals surface area contributed by atoms with Gasteiger partial charge in [0.2, 0.25) is 5.91 Å². The first kappa shape index (κ1) is 20.1. The highest BCUT2D eigenvalue weighted by Gasteiger charge is 2.24. The van der Waals surface area contributed by atoms with E-state index in [1.165, 1.54) is 23.9 Å². The van der Waals surface area contributed by atoms with Crippen molar-refractivity contribution in [3.05, 3.63) is 51.8 Å². The minimum Gasteiger partial charge on any atom is -0.376 e. The molecule has 6 nitrogen and oxygen atoms in total. The van der Waals surface area contributed by atoms with Crippen LogP contribution >= 0.6 is 11.8 Å². The number of para-hydroxylation sites is 1. The Labute approximate surface area is 172 Å². The summed E-state index contributed by atoms with van der Waals surface area (Å²) in [5, 5.41) is 3.19. The number of halogens is 1. The number of amides is 1. The van der Waals surface area contributed by atoms with Crippen molar-refractivity contribution in [3.63, 3.8) is 0 Å². The molecule has 1 aromatic carbocycles. The Balaban J connectivity index is 1.50. The van der Waals surface area contributed by atoms with E-state index in [9.17, 15) is 14.0 Å². The van der Waals surface area contributed by atoms with E-state index in [0.29, 0.717) is 11.6 Å². The van der Waals surface area contributed by atoms with Crippen molar-refractivity contribution in [1.29, 1.82) is 0 Å². The standard InChI is InChI=1S/C21H24FN3O3S/c22-16-8-2-3-9-17(16)23-19(26)13-29-20-15-7-1-4-10-18(15)25(21(27)24-20)12-14-6-5-11-28-14/h2-3,8-9,14H,1,4-7,10-13H2,(H,23,26)/t14-/m1/s1. The van der Waals surface area contributed by atoms with E-state index in [0.717, 1.165) is 56.4 Å². The van der Waals surface area contributed by atoms with Gasteiger partial charge in [0.15, 0.2) is 0 Å². The zero-order chi connectivity index (χ0) is 20.2. The lowest BCUT2D eigenvalue weighted by molar-refractivity contribution is -0.113. The van der Waals surface area contributed by atoms with Gasteiger partial charge in [-0.15, -0.1) is 0 Å². The number of anilines is 1. The molecular weight excluding hydrogens is 393 g/mol. The molecule has 1 saturated heterocycles. The maximum absolute atomic E-state index is 13.7. The molecule has 0 unspecified atom stereocenters. The van der Waals surface area contributed by atoms with Crippen molar-refractivity contribution in [2.45, 2.75) is 56.2 Å². The highest BCUT2D eigenvalue weighted by atomic mass is 32.2. The van der Waals surface area contributed by atoms with E-state index >= 15 is 0 Å². The number of benzene rings is 1. The molecule has 0 radical (unpaired) electrons. The monoisotopic (exact) mass is 417 g/mol. The van der Waals surface area contributed by atoms with Crippen molar-refractivity contribution in [1.82, 2.24) is 9.55 Å². The van der Waals surface area contributed by atoms with Crippen LogP contribution in [0.4, 0.5) is 10.1 Å². The van der Waals surface area contributed by atoms with E-state index < -0.39 is 5.82 Å². The molecule has 0 bridgehead atoms. The molecule has 154 valence electrons. The largest absolute Gasteiger partial charge is 0.376 e.